The lowest BCUT2D eigenvalue weighted by Crippen LogP contribution is -2.42. The first-order valence-electron chi connectivity index (χ1n) is 6.82. The molecule has 0 aliphatic carbocycles. The third kappa shape index (κ3) is 3.62. The third-order valence-electron chi connectivity index (χ3n) is 4.24. The third-order valence-corrected chi connectivity index (χ3v) is 4.68. The minimum atomic E-state index is -0.970. The van der Waals surface area contributed by atoms with Gasteiger partial charge in [0, 0.05) is 29.2 Å². The molecule has 0 saturated carbocycles. The van der Waals surface area contributed by atoms with E-state index in [9.17, 15) is 4.39 Å². The van der Waals surface area contributed by atoms with E-state index in [2.05, 4.69) is 11.8 Å². The summed E-state index contributed by atoms with van der Waals surface area (Å²) in [5.74, 6) is 0. The summed E-state index contributed by atoms with van der Waals surface area (Å²) >= 11 is 12.1. The zero-order valence-corrected chi connectivity index (χ0v) is 12.9. The summed E-state index contributed by atoms with van der Waals surface area (Å²) in [6.45, 7) is 5.63. The molecule has 0 spiro atoms. The number of rotatable bonds is 3. The van der Waals surface area contributed by atoms with Crippen molar-refractivity contribution in [2.45, 2.75) is 44.8 Å². The predicted octanol–water partition coefficient (Wildman–Crippen LogP) is 5.27. The molecule has 106 valence electrons. The average Bonchev–Trinajstić information content (AvgIpc) is 2.38. The number of hydrogen-bond acceptors (Lipinski definition) is 1. The van der Waals surface area contributed by atoms with Crippen LogP contribution in [-0.2, 0) is 0 Å². The SMILES string of the molecule is CCC1(F)CCN(C(C)c2cc(Cl)cc(Cl)c2)CC1. The predicted molar refractivity (Wildman–Crippen MR) is 79.8 cm³/mol. The van der Waals surface area contributed by atoms with Gasteiger partial charge in [0.15, 0.2) is 0 Å². The van der Waals surface area contributed by atoms with Crippen molar-refractivity contribution < 1.29 is 4.39 Å². The average molecular weight is 304 g/mol. The van der Waals surface area contributed by atoms with Gasteiger partial charge in [-0.1, -0.05) is 30.1 Å². The van der Waals surface area contributed by atoms with Gasteiger partial charge in [0.05, 0.1) is 0 Å². The highest BCUT2D eigenvalue weighted by atomic mass is 35.5. The molecule has 1 saturated heterocycles. The molecule has 19 heavy (non-hydrogen) atoms. The van der Waals surface area contributed by atoms with Crippen molar-refractivity contribution >= 4 is 23.2 Å². The van der Waals surface area contributed by atoms with Crippen molar-refractivity contribution in [3.63, 3.8) is 0 Å². The zero-order valence-electron chi connectivity index (χ0n) is 11.4. The van der Waals surface area contributed by atoms with Crippen LogP contribution < -0.4 is 0 Å². The minimum Gasteiger partial charge on any atom is -0.296 e. The van der Waals surface area contributed by atoms with Gasteiger partial charge in [-0.05, 0) is 49.9 Å². The lowest BCUT2D eigenvalue weighted by molar-refractivity contribution is 0.0386. The molecule has 0 amide bonds. The second-order valence-corrected chi connectivity index (χ2v) is 6.29. The van der Waals surface area contributed by atoms with Gasteiger partial charge >= 0.3 is 0 Å². The smallest absolute Gasteiger partial charge is 0.113 e. The van der Waals surface area contributed by atoms with Crippen LogP contribution in [0.2, 0.25) is 10.0 Å². The molecule has 1 nitrogen and oxygen atoms in total. The van der Waals surface area contributed by atoms with E-state index in [1.165, 1.54) is 0 Å². The van der Waals surface area contributed by atoms with Gasteiger partial charge in [0.1, 0.15) is 5.67 Å². The summed E-state index contributed by atoms with van der Waals surface area (Å²) < 4.78 is 14.2. The fourth-order valence-corrected chi connectivity index (χ4v) is 3.24. The molecule has 0 radical (unpaired) electrons. The molecule has 1 atom stereocenters. The summed E-state index contributed by atoms with van der Waals surface area (Å²) in [4.78, 5) is 2.30. The van der Waals surface area contributed by atoms with Gasteiger partial charge in [0.25, 0.3) is 0 Å². The molecule has 2 rings (SSSR count). The van der Waals surface area contributed by atoms with Gasteiger partial charge in [-0.2, -0.15) is 0 Å². The highest BCUT2D eigenvalue weighted by Gasteiger charge is 2.34. The maximum atomic E-state index is 14.2. The fourth-order valence-electron chi connectivity index (χ4n) is 2.69. The van der Waals surface area contributed by atoms with Crippen LogP contribution in [0.4, 0.5) is 4.39 Å². The Bertz CT molecular complexity index is 422. The fraction of sp³-hybridized carbons (Fsp3) is 0.600. The summed E-state index contributed by atoms with van der Waals surface area (Å²) in [7, 11) is 0. The first kappa shape index (κ1) is 15.1. The Morgan fingerprint density at radius 1 is 1.21 bits per heavy atom. The summed E-state index contributed by atoms with van der Waals surface area (Å²) in [6, 6.07) is 5.83. The Morgan fingerprint density at radius 3 is 2.21 bits per heavy atom. The van der Waals surface area contributed by atoms with Crippen LogP contribution in [0.25, 0.3) is 0 Å². The Balaban J connectivity index is 2.07. The number of halogens is 3. The first-order chi connectivity index (χ1) is 8.93. The molecule has 1 heterocycles. The molecule has 0 N–H and O–H groups in total. The van der Waals surface area contributed by atoms with E-state index in [-0.39, 0.29) is 6.04 Å². The Kier molecular flexibility index (Phi) is 4.75. The molecule has 1 aliphatic rings. The lowest BCUT2D eigenvalue weighted by atomic mass is 9.89. The molecule has 4 heteroatoms. The Morgan fingerprint density at radius 2 is 1.74 bits per heavy atom. The molecule has 1 fully saturated rings. The van der Waals surface area contributed by atoms with Crippen molar-refractivity contribution in [2.75, 3.05) is 13.1 Å². The quantitative estimate of drug-likeness (QED) is 0.735. The van der Waals surface area contributed by atoms with Crippen LogP contribution >= 0.6 is 23.2 Å². The van der Waals surface area contributed by atoms with Gasteiger partial charge in [-0.3, -0.25) is 4.90 Å². The van der Waals surface area contributed by atoms with E-state index in [0.29, 0.717) is 29.3 Å². The van der Waals surface area contributed by atoms with Crippen molar-refractivity contribution in [1.29, 1.82) is 0 Å². The van der Waals surface area contributed by atoms with Gasteiger partial charge in [-0.15, -0.1) is 0 Å². The van der Waals surface area contributed by atoms with Crippen LogP contribution in [-0.4, -0.2) is 23.7 Å². The van der Waals surface area contributed by atoms with Crippen molar-refractivity contribution in [3.8, 4) is 0 Å². The van der Waals surface area contributed by atoms with Gasteiger partial charge in [-0.25, -0.2) is 4.39 Å². The number of nitrogens with zero attached hydrogens (tertiary/aromatic N) is 1. The van der Waals surface area contributed by atoms with E-state index in [1.807, 2.05) is 19.1 Å². The maximum Gasteiger partial charge on any atom is 0.113 e. The van der Waals surface area contributed by atoms with Crippen molar-refractivity contribution in [1.82, 2.24) is 4.90 Å². The topological polar surface area (TPSA) is 3.24 Å². The first-order valence-corrected chi connectivity index (χ1v) is 7.58. The van der Waals surface area contributed by atoms with Crippen LogP contribution in [0, 0.1) is 0 Å². The molecular formula is C15H20Cl2FN. The monoisotopic (exact) mass is 303 g/mol. The Hall–Kier alpha value is -0.310. The molecule has 0 aromatic heterocycles. The normalized spacial score (nSPS) is 21.3. The summed E-state index contributed by atoms with van der Waals surface area (Å²) in [5.41, 5.74) is 0.128. The number of hydrogen-bond donors (Lipinski definition) is 0. The molecular weight excluding hydrogens is 284 g/mol. The van der Waals surface area contributed by atoms with Crippen LogP contribution in [0.15, 0.2) is 18.2 Å². The van der Waals surface area contributed by atoms with Gasteiger partial charge in [0.2, 0.25) is 0 Å². The van der Waals surface area contributed by atoms with E-state index in [4.69, 9.17) is 23.2 Å². The largest absolute Gasteiger partial charge is 0.296 e. The number of alkyl halides is 1. The maximum absolute atomic E-state index is 14.2. The van der Waals surface area contributed by atoms with E-state index in [0.717, 1.165) is 18.7 Å². The molecule has 1 aromatic rings. The summed E-state index contributed by atoms with van der Waals surface area (Å²) in [5, 5.41) is 1.31. The van der Waals surface area contributed by atoms with E-state index >= 15 is 0 Å². The number of likely N-dealkylation sites (tertiary alicyclic amines) is 1. The number of benzene rings is 1. The standard InChI is InChI=1S/C15H20Cl2FN/c1-3-15(18)4-6-19(7-5-15)11(2)12-8-13(16)10-14(17)9-12/h8-11H,3-7H2,1-2H3. The molecule has 0 bridgehead atoms. The highest BCUT2D eigenvalue weighted by Crippen LogP contribution is 2.34. The minimum absolute atomic E-state index is 0.220. The summed E-state index contributed by atoms with van der Waals surface area (Å²) in [6.07, 6.45) is 1.84. The molecule has 1 unspecified atom stereocenters. The van der Waals surface area contributed by atoms with Crippen molar-refractivity contribution in [2.24, 2.45) is 0 Å². The Labute approximate surface area is 124 Å². The molecule has 1 aliphatic heterocycles. The number of piperidine rings is 1. The highest BCUT2D eigenvalue weighted by molar-refractivity contribution is 6.34. The van der Waals surface area contributed by atoms with Crippen LogP contribution in [0.5, 0.6) is 0 Å². The second-order valence-electron chi connectivity index (χ2n) is 5.42. The van der Waals surface area contributed by atoms with E-state index in [1.54, 1.807) is 6.07 Å². The lowest BCUT2D eigenvalue weighted by Gasteiger charge is -2.39. The van der Waals surface area contributed by atoms with Crippen LogP contribution in [0.1, 0.15) is 44.7 Å². The second kappa shape index (κ2) is 5.99. The zero-order chi connectivity index (χ0) is 14.0. The van der Waals surface area contributed by atoms with Crippen molar-refractivity contribution in [3.05, 3.63) is 33.8 Å². The van der Waals surface area contributed by atoms with Crippen LogP contribution in [0.3, 0.4) is 0 Å². The van der Waals surface area contributed by atoms with Gasteiger partial charge < -0.3 is 0 Å². The van der Waals surface area contributed by atoms with E-state index < -0.39 is 5.67 Å². The molecule has 1 aromatic carbocycles.